The number of carbonyl (C=O) groups excluding carboxylic acids is 7. The standard InChI is InChI=1S/C107H189N3O37/c1-91-27-31-93(32-28-91)99(112)23-18-16-17-22-95(106(108)121)88-97(111)39-41-125-43-45-127-47-49-129-51-53-131-55-57-133-59-61-135-63-65-137-67-69-139-71-73-141-75-77-143-79-81-145-83-85-147-87-86-146-84-82-144-80-78-142-76-74-140-72-70-138-68-66-136-64-62-134-60-58-132-56-54-130-52-50-128-48-46-126-44-42-124-40-21-24-100(113)98(36-38-105(119)120)110-103(116)37-35-96(107(122)123)89-101(114)94-33-29-92(30-34-94)90-109-102(115)25-19-14-12-10-8-6-4-2-3-5-7-9-11-13-15-20-26-104(117)118/h27-28,31-32,92,94-96,98H,2-26,29-30,33-90H2,1H3,(H2,108,121)(H,109,115)(H,110,116)(H,117,118)(H,119,120)(H,122,123)/t92?,94?,95-,96-,98+/m1/s1. The summed E-state index contributed by atoms with van der Waals surface area (Å²) in [6.45, 7) is 22.6. The summed E-state index contributed by atoms with van der Waals surface area (Å²) in [5.74, 6) is -6.17. The maximum Gasteiger partial charge on any atom is 0.306 e. The van der Waals surface area contributed by atoms with Crippen LogP contribution in [0.1, 0.15) is 247 Å². The fourth-order valence-electron chi connectivity index (χ4n) is 15.3. The van der Waals surface area contributed by atoms with Gasteiger partial charge < -0.3 is 145 Å². The summed E-state index contributed by atoms with van der Waals surface area (Å²) in [6.07, 6.45) is 24.8. The highest BCUT2D eigenvalue weighted by Gasteiger charge is 2.32. The molecule has 7 N–H and O–H groups in total. The molecule has 147 heavy (non-hydrogen) atoms. The van der Waals surface area contributed by atoms with E-state index in [0.717, 1.165) is 76.2 Å². The van der Waals surface area contributed by atoms with E-state index in [1.54, 1.807) is 0 Å². The first-order valence-corrected chi connectivity index (χ1v) is 54.5. The Labute approximate surface area is 874 Å². The molecule has 3 amide bonds. The van der Waals surface area contributed by atoms with Crippen molar-refractivity contribution in [2.24, 2.45) is 29.4 Å². The smallest absolute Gasteiger partial charge is 0.306 e. The zero-order valence-corrected chi connectivity index (χ0v) is 89.1. The van der Waals surface area contributed by atoms with Gasteiger partial charge in [-0.05, 0) is 83.5 Å². The van der Waals surface area contributed by atoms with Gasteiger partial charge in [0.2, 0.25) is 17.7 Å². The Hall–Kier alpha value is -6.24. The number of primary amides is 1. The molecule has 0 aliphatic heterocycles. The molecule has 0 radical (unpaired) electrons. The Kier molecular flexibility index (Phi) is 98.1. The molecule has 0 spiro atoms. The highest BCUT2D eigenvalue weighted by Crippen LogP contribution is 2.32. The first-order chi connectivity index (χ1) is 71.9. The van der Waals surface area contributed by atoms with E-state index in [0.29, 0.717) is 348 Å². The number of nitrogens with two attached hydrogens (primary N) is 1. The third kappa shape index (κ3) is 94.2. The van der Waals surface area contributed by atoms with Gasteiger partial charge in [0.05, 0.1) is 322 Å². The molecule has 0 saturated heterocycles. The number of amides is 3. The normalized spacial score (nSPS) is 13.8. The van der Waals surface area contributed by atoms with Gasteiger partial charge in [-0.3, -0.25) is 47.9 Å². The topological polar surface area (TPSA) is 503 Å². The van der Waals surface area contributed by atoms with Crippen molar-refractivity contribution in [3.05, 3.63) is 35.4 Å². The number of ketones is 4. The molecule has 1 saturated carbocycles. The number of hydrogen-bond donors (Lipinski definition) is 6. The van der Waals surface area contributed by atoms with Crippen LogP contribution in [0.4, 0.5) is 0 Å². The predicted octanol–water partition coefficient (Wildman–Crippen LogP) is 11.1. The van der Waals surface area contributed by atoms with Crippen molar-refractivity contribution in [2.75, 3.05) is 324 Å². The quantitative estimate of drug-likeness (QED) is 0.0260. The second-order valence-electron chi connectivity index (χ2n) is 36.1. The highest BCUT2D eigenvalue weighted by molar-refractivity contribution is 5.96. The van der Waals surface area contributed by atoms with Gasteiger partial charge in [-0.1, -0.05) is 133 Å². The van der Waals surface area contributed by atoms with Gasteiger partial charge >= 0.3 is 17.9 Å². The molecule has 1 aromatic carbocycles. The van der Waals surface area contributed by atoms with E-state index in [4.69, 9.17) is 125 Å². The summed E-state index contributed by atoms with van der Waals surface area (Å²) in [5, 5.41) is 33.7. The Morgan fingerprint density at radius 1 is 0.286 bits per heavy atom. The zero-order valence-electron chi connectivity index (χ0n) is 89.1. The molecule has 2 rings (SSSR count). The van der Waals surface area contributed by atoms with Crippen LogP contribution in [0.3, 0.4) is 0 Å². The lowest BCUT2D eigenvalue weighted by molar-refractivity contribution is -0.145. The maximum absolute atomic E-state index is 13.3. The van der Waals surface area contributed by atoms with Crippen molar-refractivity contribution in [3.63, 3.8) is 0 Å². The molecule has 0 heterocycles. The zero-order chi connectivity index (χ0) is 106. The second-order valence-corrected chi connectivity index (χ2v) is 36.1. The monoisotopic (exact) mass is 2110 g/mol. The minimum Gasteiger partial charge on any atom is -0.481 e. The van der Waals surface area contributed by atoms with Gasteiger partial charge in [0.15, 0.2) is 11.6 Å². The van der Waals surface area contributed by atoms with Crippen molar-refractivity contribution >= 4 is 58.8 Å². The molecule has 0 aromatic heterocycles. The predicted molar refractivity (Wildman–Crippen MR) is 547 cm³/mol. The third-order valence-electron chi connectivity index (χ3n) is 23.8. The van der Waals surface area contributed by atoms with E-state index in [1.807, 2.05) is 31.2 Å². The molecule has 3 atom stereocenters. The number of unbranched alkanes of at least 4 members (excludes halogenated alkanes) is 17. The Morgan fingerprint density at radius 3 is 0.891 bits per heavy atom. The molecule has 1 aliphatic carbocycles. The van der Waals surface area contributed by atoms with E-state index >= 15 is 0 Å². The number of carboxylic acids is 3. The number of hydrogen-bond acceptors (Lipinski definition) is 34. The molecule has 1 aromatic rings. The number of aryl methyl sites for hydroxylation is 1. The first-order valence-electron chi connectivity index (χ1n) is 54.5. The molecule has 40 nitrogen and oxygen atoms in total. The summed E-state index contributed by atoms with van der Waals surface area (Å²) >= 11 is 0. The molecular formula is C107H189N3O37. The van der Waals surface area contributed by atoms with E-state index in [9.17, 15) is 58.2 Å². The molecular weight excluding hydrogens is 1920 g/mol. The average molecular weight is 2110 g/mol. The van der Waals surface area contributed by atoms with Crippen molar-refractivity contribution in [3.8, 4) is 0 Å². The number of nitrogens with one attached hydrogen (secondary N) is 2. The number of ether oxygens (including phenoxy) is 24. The fraction of sp³-hybridized carbons (Fsp3) is 0.850. The minimum absolute atomic E-state index is 0.0240. The van der Waals surface area contributed by atoms with Crippen LogP contribution >= 0.6 is 0 Å². The van der Waals surface area contributed by atoms with E-state index in [2.05, 4.69) is 10.6 Å². The van der Waals surface area contributed by atoms with Crippen LogP contribution in [0.5, 0.6) is 0 Å². The van der Waals surface area contributed by atoms with Crippen LogP contribution in [-0.2, 0) is 157 Å². The maximum atomic E-state index is 13.3. The number of rotatable bonds is 119. The van der Waals surface area contributed by atoms with Gasteiger partial charge in [-0.25, -0.2) is 0 Å². The molecule has 0 unspecified atom stereocenters. The number of aliphatic carboxylic acids is 3. The molecule has 40 heteroatoms. The summed E-state index contributed by atoms with van der Waals surface area (Å²) < 4.78 is 133. The van der Waals surface area contributed by atoms with Crippen LogP contribution in [0.2, 0.25) is 0 Å². The average Bonchev–Trinajstić information content (AvgIpc) is 0.866. The Morgan fingerprint density at radius 2 is 0.578 bits per heavy atom. The Bertz CT molecular complexity index is 3260. The summed E-state index contributed by atoms with van der Waals surface area (Å²) in [7, 11) is 0. The van der Waals surface area contributed by atoms with Crippen LogP contribution in [0.25, 0.3) is 0 Å². The van der Waals surface area contributed by atoms with E-state index in [-0.39, 0.29) is 118 Å². The molecule has 1 aliphatic rings. The van der Waals surface area contributed by atoms with E-state index in [1.165, 1.54) is 64.2 Å². The largest absolute Gasteiger partial charge is 0.481 e. The van der Waals surface area contributed by atoms with Gasteiger partial charge in [0.1, 0.15) is 11.6 Å². The van der Waals surface area contributed by atoms with Gasteiger partial charge in [0, 0.05) is 88.3 Å². The van der Waals surface area contributed by atoms with Crippen LogP contribution in [0.15, 0.2) is 24.3 Å². The van der Waals surface area contributed by atoms with Crippen LogP contribution in [0, 0.1) is 30.6 Å². The lowest BCUT2D eigenvalue weighted by Crippen LogP contribution is -2.41. The van der Waals surface area contributed by atoms with Crippen molar-refractivity contribution < 1.29 is 177 Å². The Balaban J connectivity index is 1.21. The number of carbonyl (C=O) groups is 10. The van der Waals surface area contributed by atoms with Gasteiger partial charge in [-0.2, -0.15) is 0 Å². The lowest BCUT2D eigenvalue weighted by Gasteiger charge is -2.28. The van der Waals surface area contributed by atoms with Crippen molar-refractivity contribution in [1.82, 2.24) is 10.6 Å². The minimum atomic E-state index is -1.19. The van der Waals surface area contributed by atoms with Crippen molar-refractivity contribution in [2.45, 2.75) is 244 Å². The summed E-state index contributed by atoms with van der Waals surface area (Å²) in [6, 6.07) is 6.47. The molecule has 0 bridgehead atoms. The van der Waals surface area contributed by atoms with Gasteiger partial charge in [0.25, 0.3) is 0 Å². The second kappa shape index (κ2) is 105. The molecule has 854 valence electrons. The number of benzene rings is 1. The van der Waals surface area contributed by atoms with Crippen molar-refractivity contribution in [1.29, 1.82) is 0 Å². The number of Topliss-reactive ketones (excluding diaryl/α,β-unsaturated/α-hetero) is 4. The van der Waals surface area contributed by atoms with Crippen LogP contribution in [-0.4, -0.2) is 404 Å². The molecule has 1 fully saturated rings. The SMILES string of the molecule is Cc1ccc(C(=O)CCCCC[C@H](CC(=O)CCOCCOCCOCCOCCOCCOCCOCCOCCOCCOCCOCCOCCOCCOCCOCCOCCOCCOCCOCCOCCOCCOCCOCCOCCCC(=O)[C@H](CCC(=O)O)NC(=O)CC[C@H](CC(=O)C2CCC(CNC(=O)CCCCCCCCCCCCCCCCCCC(=O)O)CC2)C(=O)O)C(N)=O)cc1. The fourth-order valence-corrected chi connectivity index (χ4v) is 15.3. The lowest BCUT2D eigenvalue weighted by atomic mass is 9.78. The third-order valence-corrected chi connectivity index (χ3v) is 23.8. The van der Waals surface area contributed by atoms with Gasteiger partial charge in [-0.15, -0.1) is 0 Å². The number of carboxylic acid groups (broad SMARTS) is 3. The highest BCUT2D eigenvalue weighted by atomic mass is 16.6. The first kappa shape index (κ1) is 137. The van der Waals surface area contributed by atoms with E-state index < -0.39 is 47.6 Å². The summed E-state index contributed by atoms with van der Waals surface area (Å²) in [5.41, 5.74) is 7.39. The van der Waals surface area contributed by atoms with Crippen LogP contribution < -0.4 is 16.4 Å². The summed E-state index contributed by atoms with van der Waals surface area (Å²) in [4.78, 5) is 123.